The third-order valence-corrected chi connectivity index (χ3v) is 3.31. The highest BCUT2D eigenvalue weighted by atomic mass is 16.5. The molecule has 1 saturated heterocycles. The van der Waals surface area contributed by atoms with Crippen LogP contribution in [0.15, 0.2) is 40.9 Å². The van der Waals surface area contributed by atoms with Gasteiger partial charge in [-0.3, -0.25) is 4.90 Å². The molecular weight excluding hydrogens is 226 g/mol. The second kappa shape index (κ2) is 4.92. The van der Waals surface area contributed by atoms with Crippen LogP contribution in [0.3, 0.4) is 0 Å². The van der Waals surface area contributed by atoms with Gasteiger partial charge >= 0.3 is 0 Å². The van der Waals surface area contributed by atoms with Crippen LogP contribution in [-0.2, 0) is 6.54 Å². The molecule has 0 radical (unpaired) electrons. The Labute approximate surface area is 106 Å². The minimum atomic E-state index is 0.311. The van der Waals surface area contributed by atoms with Gasteiger partial charge in [0, 0.05) is 37.3 Å². The Morgan fingerprint density at radius 1 is 1.33 bits per heavy atom. The number of likely N-dealkylation sites (tertiary alicyclic amines) is 1. The maximum atomic E-state index is 5.89. The molecule has 4 nitrogen and oxygen atoms in total. The van der Waals surface area contributed by atoms with Gasteiger partial charge in [0.25, 0.3) is 0 Å². The zero-order valence-corrected chi connectivity index (χ0v) is 10.2. The minimum Gasteiger partial charge on any atom is -0.356 e. The third-order valence-electron chi connectivity index (χ3n) is 3.31. The summed E-state index contributed by atoms with van der Waals surface area (Å²) in [6.45, 7) is 2.83. The lowest BCUT2D eigenvalue weighted by Crippen LogP contribution is -2.26. The largest absolute Gasteiger partial charge is 0.356 e. The predicted molar refractivity (Wildman–Crippen MR) is 69.8 cm³/mol. The van der Waals surface area contributed by atoms with E-state index >= 15 is 0 Å². The van der Waals surface area contributed by atoms with Gasteiger partial charge < -0.3 is 10.3 Å². The Balaban J connectivity index is 1.70. The topological polar surface area (TPSA) is 55.3 Å². The van der Waals surface area contributed by atoms with Crippen LogP contribution in [-0.4, -0.2) is 29.2 Å². The highest BCUT2D eigenvalue weighted by Gasteiger charge is 2.20. The lowest BCUT2D eigenvalue weighted by atomic mass is 10.1. The van der Waals surface area contributed by atoms with Gasteiger partial charge in [0.05, 0.1) is 5.69 Å². The van der Waals surface area contributed by atoms with Gasteiger partial charge in [0.15, 0.2) is 5.76 Å². The second-order valence-electron chi connectivity index (χ2n) is 4.83. The fourth-order valence-corrected chi connectivity index (χ4v) is 2.36. The van der Waals surface area contributed by atoms with Crippen molar-refractivity contribution in [1.82, 2.24) is 10.1 Å². The molecule has 1 aromatic carbocycles. The van der Waals surface area contributed by atoms with Crippen molar-refractivity contribution in [2.45, 2.75) is 19.0 Å². The number of nitrogens with zero attached hydrogens (tertiary/aromatic N) is 2. The number of hydrogen-bond donors (Lipinski definition) is 1. The standard InChI is InChI=1S/C14H17N3O/c15-12-6-7-17(9-12)10-13-8-14(18-16-13)11-4-2-1-3-5-11/h1-5,8,12H,6-7,9-10,15H2/t12-/m1/s1. The molecule has 1 aliphatic rings. The predicted octanol–water partition coefficient (Wildman–Crippen LogP) is 1.87. The molecule has 0 bridgehead atoms. The Hall–Kier alpha value is -1.65. The van der Waals surface area contributed by atoms with Crippen molar-refractivity contribution in [2.75, 3.05) is 13.1 Å². The molecule has 2 aromatic rings. The van der Waals surface area contributed by atoms with Crippen LogP contribution in [0, 0.1) is 0 Å². The number of benzene rings is 1. The summed E-state index contributed by atoms with van der Waals surface area (Å²) >= 11 is 0. The van der Waals surface area contributed by atoms with Crippen LogP contribution in [0.5, 0.6) is 0 Å². The van der Waals surface area contributed by atoms with Crippen LogP contribution in [0.2, 0.25) is 0 Å². The van der Waals surface area contributed by atoms with Crippen molar-refractivity contribution < 1.29 is 4.52 Å². The summed E-state index contributed by atoms with van der Waals surface area (Å²) in [5.74, 6) is 0.828. The first-order valence-electron chi connectivity index (χ1n) is 6.30. The van der Waals surface area contributed by atoms with Crippen molar-refractivity contribution in [1.29, 1.82) is 0 Å². The van der Waals surface area contributed by atoms with Crippen molar-refractivity contribution in [3.8, 4) is 11.3 Å². The molecule has 1 aromatic heterocycles. The third kappa shape index (κ3) is 2.44. The lowest BCUT2D eigenvalue weighted by Gasteiger charge is -2.11. The first kappa shape index (κ1) is 11.4. The van der Waals surface area contributed by atoms with Crippen LogP contribution in [0.4, 0.5) is 0 Å². The van der Waals surface area contributed by atoms with E-state index in [2.05, 4.69) is 10.1 Å². The molecule has 4 heteroatoms. The summed E-state index contributed by atoms with van der Waals surface area (Å²) in [4.78, 5) is 2.32. The number of aromatic nitrogens is 1. The average molecular weight is 243 g/mol. The summed E-state index contributed by atoms with van der Waals surface area (Å²) in [5.41, 5.74) is 7.93. The molecule has 0 unspecified atom stereocenters. The molecule has 1 atom stereocenters. The monoisotopic (exact) mass is 243 g/mol. The van der Waals surface area contributed by atoms with Gasteiger partial charge in [0.2, 0.25) is 0 Å². The van der Waals surface area contributed by atoms with Gasteiger partial charge in [0.1, 0.15) is 0 Å². The molecule has 18 heavy (non-hydrogen) atoms. The Morgan fingerprint density at radius 2 is 2.17 bits per heavy atom. The highest BCUT2D eigenvalue weighted by Crippen LogP contribution is 2.21. The number of hydrogen-bond acceptors (Lipinski definition) is 4. The van der Waals surface area contributed by atoms with Crippen molar-refractivity contribution in [2.24, 2.45) is 5.73 Å². The van der Waals surface area contributed by atoms with Gasteiger partial charge in [-0.2, -0.15) is 0 Å². The normalized spacial score (nSPS) is 20.4. The number of nitrogens with two attached hydrogens (primary N) is 1. The summed E-state index contributed by atoms with van der Waals surface area (Å²) in [5, 5.41) is 4.12. The van der Waals surface area contributed by atoms with Gasteiger partial charge in [-0.05, 0) is 6.42 Å². The zero-order valence-electron chi connectivity index (χ0n) is 10.2. The fraction of sp³-hybridized carbons (Fsp3) is 0.357. The second-order valence-corrected chi connectivity index (χ2v) is 4.83. The van der Waals surface area contributed by atoms with Gasteiger partial charge in [-0.25, -0.2) is 0 Å². The van der Waals surface area contributed by atoms with E-state index in [1.165, 1.54) is 0 Å². The Morgan fingerprint density at radius 3 is 2.89 bits per heavy atom. The van der Waals surface area contributed by atoms with E-state index in [1.54, 1.807) is 0 Å². The molecule has 0 saturated carbocycles. The summed E-state index contributed by atoms with van der Waals surface area (Å²) < 4.78 is 5.38. The average Bonchev–Trinajstić information content (AvgIpc) is 3.01. The molecule has 1 aliphatic heterocycles. The molecule has 0 amide bonds. The highest BCUT2D eigenvalue weighted by molar-refractivity contribution is 5.56. The first-order valence-corrected chi connectivity index (χ1v) is 6.30. The smallest absolute Gasteiger partial charge is 0.167 e. The molecule has 1 fully saturated rings. The van der Waals surface area contributed by atoms with Crippen molar-refractivity contribution in [3.63, 3.8) is 0 Å². The summed E-state index contributed by atoms with van der Waals surface area (Å²) in [6, 6.07) is 12.4. The van der Waals surface area contributed by atoms with E-state index in [1.807, 2.05) is 36.4 Å². The maximum absolute atomic E-state index is 5.89. The SMILES string of the molecule is N[C@@H]1CCN(Cc2cc(-c3ccccc3)on2)C1. The van der Waals surface area contributed by atoms with Gasteiger partial charge in [-0.15, -0.1) is 0 Å². The maximum Gasteiger partial charge on any atom is 0.167 e. The van der Waals surface area contributed by atoms with E-state index in [4.69, 9.17) is 10.3 Å². The molecule has 2 heterocycles. The van der Waals surface area contributed by atoms with Crippen molar-refractivity contribution in [3.05, 3.63) is 42.1 Å². The molecule has 0 spiro atoms. The van der Waals surface area contributed by atoms with Crippen LogP contribution < -0.4 is 5.73 Å². The molecule has 94 valence electrons. The molecular formula is C14H17N3O. The zero-order chi connectivity index (χ0) is 12.4. The van der Waals surface area contributed by atoms with Crippen LogP contribution >= 0.6 is 0 Å². The Kier molecular flexibility index (Phi) is 3.13. The van der Waals surface area contributed by atoms with E-state index in [9.17, 15) is 0 Å². The Bertz CT molecular complexity index is 509. The van der Waals surface area contributed by atoms with E-state index in [0.717, 1.165) is 43.1 Å². The molecule has 0 aliphatic carbocycles. The van der Waals surface area contributed by atoms with Crippen LogP contribution in [0.25, 0.3) is 11.3 Å². The minimum absolute atomic E-state index is 0.311. The quantitative estimate of drug-likeness (QED) is 0.894. The van der Waals surface area contributed by atoms with Crippen molar-refractivity contribution >= 4 is 0 Å². The van der Waals surface area contributed by atoms with E-state index in [-0.39, 0.29) is 0 Å². The van der Waals surface area contributed by atoms with E-state index < -0.39 is 0 Å². The van der Waals surface area contributed by atoms with Crippen LogP contribution in [0.1, 0.15) is 12.1 Å². The van der Waals surface area contributed by atoms with E-state index in [0.29, 0.717) is 6.04 Å². The molecule has 2 N–H and O–H groups in total. The first-order chi connectivity index (χ1) is 8.81. The summed E-state index contributed by atoms with van der Waals surface area (Å²) in [6.07, 6.45) is 1.07. The fourth-order valence-electron chi connectivity index (χ4n) is 2.36. The molecule has 3 rings (SSSR count). The number of rotatable bonds is 3. The van der Waals surface area contributed by atoms with Gasteiger partial charge in [-0.1, -0.05) is 35.5 Å². The summed E-state index contributed by atoms with van der Waals surface area (Å²) in [7, 11) is 0. The lowest BCUT2D eigenvalue weighted by molar-refractivity contribution is 0.311.